The van der Waals surface area contributed by atoms with Crippen molar-refractivity contribution in [2.45, 2.75) is 6.54 Å². The van der Waals surface area contributed by atoms with Crippen LogP contribution in [0.1, 0.15) is 16.1 Å². The van der Waals surface area contributed by atoms with Crippen LogP contribution in [-0.4, -0.2) is 22.7 Å². The molecule has 1 aliphatic rings. The van der Waals surface area contributed by atoms with Crippen molar-refractivity contribution in [3.8, 4) is 11.5 Å². The van der Waals surface area contributed by atoms with Crippen LogP contribution < -0.4 is 20.1 Å². The van der Waals surface area contributed by atoms with E-state index in [2.05, 4.69) is 20.6 Å². The highest BCUT2D eigenvalue weighted by molar-refractivity contribution is 6.03. The summed E-state index contributed by atoms with van der Waals surface area (Å²) in [6, 6.07) is 16.6. The largest absolute Gasteiger partial charge is 0.454 e. The van der Waals surface area contributed by atoms with E-state index in [1.165, 1.54) is 6.33 Å². The summed E-state index contributed by atoms with van der Waals surface area (Å²) in [5.74, 6) is 1.76. The number of hydrogen-bond donors (Lipinski definition) is 2. The second-order valence-electron chi connectivity index (χ2n) is 5.65. The van der Waals surface area contributed by atoms with Crippen molar-refractivity contribution in [1.29, 1.82) is 0 Å². The molecule has 1 aromatic heterocycles. The fraction of sp³-hybridized carbons (Fsp3) is 0.105. The molecule has 0 saturated carbocycles. The molecule has 2 aromatic carbocycles. The van der Waals surface area contributed by atoms with Crippen molar-refractivity contribution < 1.29 is 14.3 Å². The lowest BCUT2D eigenvalue weighted by Crippen LogP contribution is -2.14. The highest BCUT2D eigenvalue weighted by Gasteiger charge is 2.13. The molecule has 0 atom stereocenters. The average molecular weight is 348 g/mol. The predicted octanol–water partition coefficient (Wildman–Crippen LogP) is 3.07. The molecule has 0 aliphatic carbocycles. The Labute approximate surface area is 150 Å². The smallest absolute Gasteiger partial charge is 0.274 e. The number of ether oxygens (including phenoxy) is 2. The second kappa shape index (κ2) is 7.10. The van der Waals surface area contributed by atoms with E-state index in [1.807, 2.05) is 48.5 Å². The number of hydrogen-bond acceptors (Lipinski definition) is 6. The van der Waals surface area contributed by atoms with Crippen LogP contribution >= 0.6 is 0 Å². The van der Waals surface area contributed by atoms with Crippen molar-refractivity contribution in [3.63, 3.8) is 0 Å². The van der Waals surface area contributed by atoms with Crippen LogP contribution in [0.3, 0.4) is 0 Å². The molecule has 7 nitrogen and oxygen atoms in total. The van der Waals surface area contributed by atoms with Gasteiger partial charge < -0.3 is 20.1 Å². The maximum absolute atomic E-state index is 12.3. The number of fused-ring (bicyclic) bond motifs is 1. The van der Waals surface area contributed by atoms with Crippen molar-refractivity contribution in [2.75, 3.05) is 17.4 Å². The van der Waals surface area contributed by atoms with Crippen molar-refractivity contribution in [2.24, 2.45) is 0 Å². The van der Waals surface area contributed by atoms with E-state index in [9.17, 15) is 4.79 Å². The lowest BCUT2D eigenvalue weighted by molar-refractivity contribution is 0.102. The van der Waals surface area contributed by atoms with Crippen molar-refractivity contribution >= 4 is 17.4 Å². The van der Waals surface area contributed by atoms with Crippen LogP contribution in [-0.2, 0) is 6.54 Å². The van der Waals surface area contributed by atoms with Crippen LogP contribution in [0.25, 0.3) is 0 Å². The van der Waals surface area contributed by atoms with Gasteiger partial charge in [0.15, 0.2) is 11.5 Å². The molecule has 0 spiro atoms. The van der Waals surface area contributed by atoms with Crippen molar-refractivity contribution in [1.82, 2.24) is 9.97 Å². The number of aromatic nitrogens is 2. The molecule has 0 fully saturated rings. The molecule has 3 aromatic rings. The minimum absolute atomic E-state index is 0.248. The number of nitrogens with one attached hydrogen (secondary N) is 2. The first-order valence-electron chi connectivity index (χ1n) is 8.09. The summed E-state index contributed by atoms with van der Waals surface area (Å²) in [6.07, 6.45) is 1.36. The van der Waals surface area contributed by atoms with Gasteiger partial charge in [0, 0.05) is 18.3 Å². The summed E-state index contributed by atoms with van der Waals surface area (Å²) in [6.45, 7) is 0.783. The minimum atomic E-state index is -0.287. The Balaban J connectivity index is 1.42. The first kappa shape index (κ1) is 15.9. The molecular formula is C19H16N4O3. The number of carbonyl (C=O) groups excluding carboxylic acids is 1. The van der Waals surface area contributed by atoms with Gasteiger partial charge in [0.25, 0.3) is 5.91 Å². The van der Waals surface area contributed by atoms with E-state index >= 15 is 0 Å². The molecule has 130 valence electrons. The van der Waals surface area contributed by atoms with Crippen molar-refractivity contribution in [3.05, 3.63) is 72.2 Å². The SMILES string of the molecule is O=C(Nc1ccccc1)c1cc(NCc2ccc3c(c2)OCO3)ncn1. The molecule has 0 saturated heterocycles. The van der Waals surface area contributed by atoms with E-state index in [0.29, 0.717) is 18.1 Å². The van der Waals surface area contributed by atoms with Gasteiger partial charge in [-0.05, 0) is 29.8 Å². The summed E-state index contributed by atoms with van der Waals surface area (Å²) < 4.78 is 10.7. The zero-order valence-corrected chi connectivity index (χ0v) is 13.8. The number of benzene rings is 2. The summed E-state index contributed by atoms with van der Waals surface area (Å²) in [4.78, 5) is 20.5. The Bertz CT molecular complexity index is 931. The second-order valence-corrected chi connectivity index (χ2v) is 5.65. The monoisotopic (exact) mass is 348 g/mol. The highest BCUT2D eigenvalue weighted by Crippen LogP contribution is 2.32. The van der Waals surface area contributed by atoms with E-state index in [0.717, 1.165) is 17.1 Å². The standard InChI is InChI=1S/C19H16N4O3/c24-19(23-14-4-2-1-3-5-14)15-9-18(22-11-21-15)20-10-13-6-7-16-17(8-13)26-12-25-16/h1-9,11H,10,12H2,(H,23,24)(H,20,21,22). The molecule has 4 rings (SSSR count). The van der Waals surface area contributed by atoms with Crippen LogP contribution in [0, 0.1) is 0 Å². The number of anilines is 2. The van der Waals surface area contributed by atoms with Gasteiger partial charge in [-0.2, -0.15) is 0 Å². The fourth-order valence-electron chi connectivity index (χ4n) is 2.54. The molecule has 26 heavy (non-hydrogen) atoms. The van der Waals surface area contributed by atoms with E-state index < -0.39 is 0 Å². The van der Waals surface area contributed by atoms with Crippen LogP contribution in [0.15, 0.2) is 60.9 Å². The third-order valence-electron chi connectivity index (χ3n) is 3.84. The maximum Gasteiger partial charge on any atom is 0.274 e. The molecule has 1 aliphatic heterocycles. The number of nitrogens with zero attached hydrogens (tertiary/aromatic N) is 2. The van der Waals surface area contributed by atoms with E-state index in [-0.39, 0.29) is 18.4 Å². The Kier molecular flexibility index (Phi) is 4.34. The first-order chi connectivity index (χ1) is 12.8. The third-order valence-corrected chi connectivity index (χ3v) is 3.84. The van der Waals surface area contributed by atoms with Gasteiger partial charge in [0.05, 0.1) is 0 Å². The lowest BCUT2D eigenvalue weighted by atomic mass is 10.2. The molecule has 2 N–H and O–H groups in total. The Morgan fingerprint density at radius 1 is 1.00 bits per heavy atom. The summed E-state index contributed by atoms with van der Waals surface area (Å²) in [5.41, 5.74) is 2.02. The fourth-order valence-corrected chi connectivity index (χ4v) is 2.54. The minimum Gasteiger partial charge on any atom is -0.454 e. The average Bonchev–Trinajstić information content (AvgIpc) is 3.15. The highest BCUT2D eigenvalue weighted by atomic mass is 16.7. The number of para-hydroxylation sites is 1. The number of amides is 1. The summed E-state index contributed by atoms with van der Waals surface area (Å²) in [7, 11) is 0. The molecule has 0 bridgehead atoms. The van der Waals surface area contributed by atoms with Gasteiger partial charge in [-0.25, -0.2) is 9.97 Å². The van der Waals surface area contributed by atoms with Gasteiger partial charge in [-0.15, -0.1) is 0 Å². The van der Waals surface area contributed by atoms with E-state index in [4.69, 9.17) is 9.47 Å². The predicted molar refractivity (Wildman–Crippen MR) is 96.3 cm³/mol. The van der Waals surface area contributed by atoms with E-state index in [1.54, 1.807) is 6.07 Å². The maximum atomic E-state index is 12.3. The van der Waals surface area contributed by atoms with Gasteiger partial charge in [-0.1, -0.05) is 24.3 Å². The zero-order valence-electron chi connectivity index (χ0n) is 13.8. The molecule has 2 heterocycles. The molecule has 1 amide bonds. The summed E-state index contributed by atoms with van der Waals surface area (Å²) >= 11 is 0. The molecule has 0 radical (unpaired) electrons. The Hall–Kier alpha value is -3.61. The van der Waals surface area contributed by atoms with Gasteiger partial charge in [-0.3, -0.25) is 4.79 Å². The van der Waals surface area contributed by atoms with Crippen LogP contribution in [0.5, 0.6) is 11.5 Å². The zero-order chi connectivity index (χ0) is 17.8. The number of rotatable bonds is 5. The quantitative estimate of drug-likeness (QED) is 0.737. The molecule has 0 unspecified atom stereocenters. The Morgan fingerprint density at radius 2 is 1.85 bits per heavy atom. The van der Waals surface area contributed by atoms with Crippen LogP contribution in [0.2, 0.25) is 0 Å². The van der Waals surface area contributed by atoms with Crippen LogP contribution in [0.4, 0.5) is 11.5 Å². The Morgan fingerprint density at radius 3 is 2.73 bits per heavy atom. The first-order valence-corrected chi connectivity index (χ1v) is 8.09. The van der Waals surface area contributed by atoms with Gasteiger partial charge >= 0.3 is 0 Å². The van der Waals surface area contributed by atoms with Gasteiger partial charge in [0.2, 0.25) is 6.79 Å². The normalized spacial score (nSPS) is 11.8. The summed E-state index contributed by atoms with van der Waals surface area (Å²) in [5, 5.41) is 5.98. The topological polar surface area (TPSA) is 85.4 Å². The third kappa shape index (κ3) is 3.56. The lowest BCUT2D eigenvalue weighted by Gasteiger charge is -2.08. The molecule has 7 heteroatoms. The molecular weight excluding hydrogens is 332 g/mol. The number of carbonyl (C=O) groups is 1. The van der Waals surface area contributed by atoms with Gasteiger partial charge in [0.1, 0.15) is 17.8 Å².